The molecule has 0 saturated carbocycles. The number of hydrogen-bond donors (Lipinski definition) is 1. The van der Waals surface area contributed by atoms with E-state index in [9.17, 15) is 13.2 Å². The summed E-state index contributed by atoms with van der Waals surface area (Å²) in [5.74, 6) is 0.441. The van der Waals surface area contributed by atoms with Crippen LogP contribution in [0.2, 0.25) is 5.02 Å². The van der Waals surface area contributed by atoms with Crippen LogP contribution in [0.3, 0.4) is 0 Å². The molecule has 0 aliphatic rings. The molecule has 0 atom stereocenters. The molecule has 8 nitrogen and oxygen atoms in total. The van der Waals surface area contributed by atoms with Gasteiger partial charge in [-0.1, -0.05) is 37.6 Å². The second kappa shape index (κ2) is 9.70. The van der Waals surface area contributed by atoms with Crippen LogP contribution in [0.5, 0.6) is 11.8 Å². The van der Waals surface area contributed by atoms with Gasteiger partial charge in [-0.25, -0.2) is 8.42 Å². The minimum Gasteiger partial charge on any atom is -0.422 e. The van der Waals surface area contributed by atoms with Crippen molar-refractivity contribution >= 4 is 27.4 Å². The predicted octanol–water partition coefficient (Wildman–Crippen LogP) is 4.53. The second-order valence-corrected chi connectivity index (χ2v) is 9.73. The molecule has 0 bridgehead atoms. The fourth-order valence-corrected chi connectivity index (χ4v) is 4.91. The Hall–Kier alpha value is -2.91. The van der Waals surface area contributed by atoms with Crippen molar-refractivity contribution in [1.82, 2.24) is 14.5 Å². The zero-order valence-corrected chi connectivity index (χ0v) is 19.9. The van der Waals surface area contributed by atoms with E-state index in [1.165, 1.54) is 16.7 Å². The number of sulfonamides is 1. The van der Waals surface area contributed by atoms with Crippen LogP contribution in [0.15, 0.2) is 47.4 Å². The average Bonchev–Trinajstić information content (AvgIpc) is 2.73. The number of nitrogens with zero attached hydrogens (tertiary/aromatic N) is 3. The highest BCUT2D eigenvalue weighted by atomic mass is 35.5. The van der Waals surface area contributed by atoms with E-state index >= 15 is 0 Å². The monoisotopic (exact) mass is 476 g/mol. The third kappa shape index (κ3) is 5.28. The van der Waals surface area contributed by atoms with Gasteiger partial charge in [-0.15, -0.1) is 0 Å². The molecule has 0 fully saturated rings. The summed E-state index contributed by atoms with van der Waals surface area (Å²) in [6.07, 6.45) is 2.54. The number of halogens is 1. The zero-order valence-electron chi connectivity index (χ0n) is 18.3. The van der Waals surface area contributed by atoms with Crippen LogP contribution in [0.1, 0.15) is 32.3 Å². The molecule has 0 spiro atoms. The molecule has 2 aromatic heterocycles. The van der Waals surface area contributed by atoms with Crippen LogP contribution in [-0.2, 0) is 17.1 Å². The molecule has 0 unspecified atom stereocenters. The fraction of sp³-hybridized carbons (Fsp3) is 0.318. The number of aromatic nitrogens is 3. The number of pyridine rings is 1. The summed E-state index contributed by atoms with van der Waals surface area (Å²) in [7, 11) is -2.05. The van der Waals surface area contributed by atoms with Crippen molar-refractivity contribution in [3.63, 3.8) is 0 Å². The quantitative estimate of drug-likeness (QED) is 0.512. The fourth-order valence-electron chi connectivity index (χ4n) is 3.21. The number of para-hydroxylation sites is 1. The van der Waals surface area contributed by atoms with Gasteiger partial charge in [0.15, 0.2) is 5.75 Å². The lowest BCUT2D eigenvalue weighted by Crippen LogP contribution is -2.27. The van der Waals surface area contributed by atoms with E-state index < -0.39 is 15.3 Å². The smallest absolute Gasteiger partial charge is 0.324 e. The first-order valence-corrected chi connectivity index (χ1v) is 12.1. The number of hydrogen-bond acceptors (Lipinski definition) is 6. The number of nitrogens with one attached hydrogen (secondary N) is 1. The Bertz CT molecular complexity index is 1270. The lowest BCUT2D eigenvalue weighted by atomic mass is 10.2. The maximum atomic E-state index is 12.8. The lowest BCUT2D eigenvalue weighted by Gasteiger charge is -2.16. The average molecular weight is 477 g/mol. The van der Waals surface area contributed by atoms with Crippen molar-refractivity contribution in [2.75, 3.05) is 4.72 Å². The van der Waals surface area contributed by atoms with Gasteiger partial charge in [-0.2, -0.15) is 9.97 Å². The first-order valence-electron chi connectivity index (χ1n) is 10.1. The van der Waals surface area contributed by atoms with Crippen LogP contribution in [0, 0.1) is 6.92 Å². The molecule has 0 saturated heterocycles. The van der Waals surface area contributed by atoms with E-state index in [-0.39, 0.29) is 17.4 Å². The van der Waals surface area contributed by atoms with E-state index in [4.69, 9.17) is 16.3 Å². The summed E-state index contributed by atoms with van der Waals surface area (Å²) in [6.45, 7) is 5.46. The van der Waals surface area contributed by atoms with Gasteiger partial charge >= 0.3 is 6.01 Å². The number of ether oxygens (including phenoxy) is 1. The van der Waals surface area contributed by atoms with Crippen molar-refractivity contribution in [3.8, 4) is 23.0 Å². The molecule has 0 aliphatic carbocycles. The molecule has 0 aliphatic heterocycles. The third-order valence-electron chi connectivity index (χ3n) is 5.04. The van der Waals surface area contributed by atoms with Crippen LogP contribution in [0.4, 0.5) is 5.82 Å². The maximum absolute atomic E-state index is 12.8. The zero-order chi connectivity index (χ0) is 23.5. The van der Waals surface area contributed by atoms with Crippen LogP contribution in [-0.4, -0.2) is 28.2 Å². The topological polar surface area (TPSA) is 103 Å². The first kappa shape index (κ1) is 23.7. The molecular formula is C22H25ClN4O4S. The standard InChI is InChI=1S/C22H25ClN4O4S/c1-5-16(6-2)32(29,30)26-19-12-18(15-10-11-20(28)27(4)13-15)24-22(25-19)31-21-14(3)8-7-9-17(21)23/h7-13,16H,5-6H2,1-4H3,(H,24,25,26). The first-order chi connectivity index (χ1) is 15.1. The normalized spacial score (nSPS) is 11.6. The lowest BCUT2D eigenvalue weighted by molar-refractivity contribution is 0.440. The Morgan fingerprint density at radius 3 is 2.50 bits per heavy atom. The van der Waals surface area contributed by atoms with Gasteiger partial charge in [0, 0.05) is 30.9 Å². The predicted molar refractivity (Wildman–Crippen MR) is 126 cm³/mol. The van der Waals surface area contributed by atoms with E-state index in [1.54, 1.807) is 31.4 Å². The van der Waals surface area contributed by atoms with Gasteiger partial charge < -0.3 is 9.30 Å². The number of rotatable bonds is 8. The van der Waals surface area contributed by atoms with Crippen molar-refractivity contribution in [2.24, 2.45) is 7.05 Å². The number of benzene rings is 1. The van der Waals surface area contributed by atoms with Gasteiger partial charge in [-0.05, 0) is 37.5 Å². The van der Waals surface area contributed by atoms with Crippen molar-refractivity contribution in [1.29, 1.82) is 0 Å². The Labute approximate surface area is 192 Å². The molecule has 3 rings (SSSR count). The van der Waals surface area contributed by atoms with Crippen LogP contribution < -0.4 is 15.0 Å². The Morgan fingerprint density at radius 2 is 1.88 bits per heavy atom. The van der Waals surface area contributed by atoms with Gasteiger partial charge in [0.25, 0.3) is 0 Å². The van der Waals surface area contributed by atoms with Gasteiger partial charge in [0.05, 0.1) is 16.0 Å². The van der Waals surface area contributed by atoms with Gasteiger partial charge in [0.2, 0.25) is 15.6 Å². The number of aryl methyl sites for hydroxylation is 2. The van der Waals surface area contributed by atoms with E-state index in [0.29, 0.717) is 34.9 Å². The van der Waals surface area contributed by atoms with Crippen molar-refractivity contribution in [2.45, 2.75) is 38.9 Å². The summed E-state index contributed by atoms with van der Waals surface area (Å²) >= 11 is 6.27. The van der Waals surface area contributed by atoms with E-state index in [0.717, 1.165) is 5.56 Å². The molecular weight excluding hydrogens is 452 g/mol. The molecule has 1 N–H and O–H groups in total. The minimum atomic E-state index is -3.67. The molecule has 2 heterocycles. The highest BCUT2D eigenvalue weighted by molar-refractivity contribution is 7.93. The summed E-state index contributed by atoms with van der Waals surface area (Å²) < 4.78 is 35.4. The van der Waals surface area contributed by atoms with Gasteiger partial charge in [0.1, 0.15) is 5.82 Å². The van der Waals surface area contributed by atoms with Gasteiger partial charge in [-0.3, -0.25) is 9.52 Å². The van der Waals surface area contributed by atoms with Crippen molar-refractivity contribution < 1.29 is 13.2 Å². The highest BCUT2D eigenvalue weighted by Gasteiger charge is 2.23. The molecule has 170 valence electrons. The van der Waals surface area contributed by atoms with Crippen LogP contribution in [0.25, 0.3) is 11.3 Å². The largest absolute Gasteiger partial charge is 0.422 e. The third-order valence-corrected chi connectivity index (χ3v) is 7.38. The number of anilines is 1. The van der Waals surface area contributed by atoms with E-state index in [2.05, 4.69) is 14.7 Å². The SMILES string of the molecule is CCC(CC)S(=O)(=O)Nc1cc(-c2ccc(=O)n(C)c2)nc(Oc2c(C)cccc2Cl)n1. The Kier molecular flexibility index (Phi) is 7.20. The summed E-state index contributed by atoms with van der Waals surface area (Å²) in [6, 6.07) is 9.74. The minimum absolute atomic E-state index is 0.0652. The van der Waals surface area contributed by atoms with E-state index in [1.807, 2.05) is 26.8 Å². The summed E-state index contributed by atoms with van der Waals surface area (Å²) in [5, 5.41) is -0.186. The highest BCUT2D eigenvalue weighted by Crippen LogP contribution is 2.32. The molecule has 0 amide bonds. The second-order valence-electron chi connectivity index (χ2n) is 7.36. The van der Waals surface area contributed by atoms with Crippen LogP contribution >= 0.6 is 11.6 Å². The molecule has 0 radical (unpaired) electrons. The Balaban J connectivity index is 2.11. The molecule has 1 aromatic carbocycles. The molecule has 10 heteroatoms. The molecule has 32 heavy (non-hydrogen) atoms. The molecule has 3 aromatic rings. The Morgan fingerprint density at radius 1 is 1.16 bits per heavy atom. The summed E-state index contributed by atoms with van der Waals surface area (Å²) in [4.78, 5) is 20.5. The summed E-state index contributed by atoms with van der Waals surface area (Å²) in [5.41, 5.74) is 1.57. The van der Waals surface area contributed by atoms with Crippen molar-refractivity contribution in [3.05, 3.63) is 63.5 Å². The maximum Gasteiger partial charge on any atom is 0.324 e.